The molecule has 1 saturated heterocycles. The molecule has 1 aliphatic carbocycles. The molecule has 2 unspecified atom stereocenters. The van der Waals surface area contributed by atoms with E-state index in [9.17, 15) is 13.2 Å². The number of aryl methyl sites for hydroxylation is 2. The molecule has 1 amide bonds. The number of aromatic nitrogens is 2. The first-order valence-electron chi connectivity index (χ1n) is 12.4. The number of benzene rings is 1. The molecule has 2 atom stereocenters. The van der Waals surface area contributed by atoms with Gasteiger partial charge in [-0.15, -0.1) is 0 Å². The van der Waals surface area contributed by atoms with E-state index in [1.54, 1.807) is 18.2 Å². The zero-order valence-corrected chi connectivity index (χ0v) is 21.7. The topological polar surface area (TPSA) is 93.5 Å². The van der Waals surface area contributed by atoms with Crippen molar-refractivity contribution in [2.24, 2.45) is 18.4 Å². The molecule has 4 rings (SSSR count). The number of rotatable bonds is 6. The summed E-state index contributed by atoms with van der Waals surface area (Å²) in [5.74, 6) is 1.33. The van der Waals surface area contributed by atoms with Crippen molar-refractivity contribution in [2.75, 3.05) is 26.3 Å². The lowest BCUT2D eigenvalue weighted by Crippen LogP contribution is -2.46. The lowest BCUT2D eigenvalue weighted by Gasteiger charge is -2.40. The van der Waals surface area contributed by atoms with Crippen LogP contribution in [0.4, 0.5) is 0 Å². The van der Waals surface area contributed by atoms with Gasteiger partial charge in [0.2, 0.25) is 15.9 Å². The summed E-state index contributed by atoms with van der Waals surface area (Å²) in [4.78, 5) is 17.7. The zero-order valence-electron chi connectivity index (χ0n) is 20.8. The number of hydrogen-bond donors (Lipinski definition) is 1. The second-order valence-electron chi connectivity index (χ2n) is 10.7. The number of morpholine rings is 1. The van der Waals surface area contributed by atoms with Gasteiger partial charge < -0.3 is 14.6 Å². The van der Waals surface area contributed by atoms with E-state index in [0.717, 1.165) is 30.6 Å². The van der Waals surface area contributed by atoms with Crippen LogP contribution in [0.2, 0.25) is 0 Å². The van der Waals surface area contributed by atoms with E-state index in [2.05, 4.69) is 31.1 Å². The van der Waals surface area contributed by atoms with Gasteiger partial charge in [0.25, 0.3) is 0 Å². The summed E-state index contributed by atoms with van der Waals surface area (Å²) >= 11 is 0. The number of imidazole rings is 1. The fraction of sp³-hybridized carbons (Fsp3) is 0.680. The molecular weight excluding hydrogens is 452 g/mol. The molecule has 2 heterocycles. The molecule has 2 fully saturated rings. The third-order valence-electron chi connectivity index (χ3n) is 7.35. The summed E-state index contributed by atoms with van der Waals surface area (Å²) < 4.78 is 34.7. The van der Waals surface area contributed by atoms with Gasteiger partial charge in [-0.3, -0.25) is 4.79 Å². The van der Waals surface area contributed by atoms with E-state index in [1.165, 1.54) is 10.7 Å². The lowest BCUT2D eigenvalue weighted by atomic mass is 9.69. The van der Waals surface area contributed by atoms with E-state index in [4.69, 9.17) is 4.74 Å². The standard InChI is InChI=1S/C25H38N4O4S/c1-25(2,3)19-7-5-6-8-20(19)27-24(30)12-11-23-26-21-17-18(9-10-22(21)28(23)4)34(31,32)29-13-15-33-16-14-29/h9-10,17,19-20H,5-8,11-16H2,1-4H3,(H,27,30). The third kappa shape index (κ3) is 5.31. The zero-order chi connectivity index (χ0) is 24.5. The maximum atomic E-state index is 13.0. The molecule has 8 nitrogen and oxygen atoms in total. The Labute approximate surface area is 203 Å². The van der Waals surface area contributed by atoms with Crippen LogP contribution < -0.4 is 5.32 Å². The Hall–Kier alpha value is -1.97. The number of amides is 1. The molecular formula is C25H38N4O4S. The van der Waals surface area contributed by atoms with Gasteiger partial charge in [0.05, 0.1) is 29.1 Å². The van der Waals surface area contributed by atoms with Gasteiger partial charge in [0, 0.05) is 39.0 Å². The second-order valence-corrected chi connectivity index (χ2v) is 12.6. The molecule has 1 aromatic heterocycles. The number of carbonyl (C=O) groups excluding carboxylic acids is 1. The summed E-state index contributed by atoms with van der Waals surface area (Å²) in [6.45, 7) is 8.32. The van der Waals surface area contributed by atoms with Crippen molar-refractivity contribution in [3.63, 3.8) is 0 Å². The number of hydrogen-bond acceptors (Lipinski definition) is 5. The first kappa shape index (κ1) is 25.1. The van der Waals surface area contributed by atoms with Crippen LogP contribution in [0.25, 0.3) is 11.0 Å². The van der Waals surface area contributed by atoms with Crippen molar-refractivity contribution in [3.05, 3.63) is 24.0 Å². The van der Waals surface area contributed by atoms with E-state index < -0.39 is 10.0 Å². The van der Waals surface area contributed by atoms with Gasteiger partial charge >= 0.3 is 0 Å². The molecule has 1 N–H and O–H groups in total. The molecule has 2 aromatic rings. The molecule has 1 saturated carbocycles. The minimum absolute atomic E-state index is 0.0591. The highest BCUT2D eigenvalue weighted by atomic mass is 32.2. The highest BCUT2D eigenvalue weighted by Gasteiger charge is 2.35. The SMILES string of the molecule is Cn1c(CCC(=O)NC2CCCCC2C(C)(C)C)nc2cc(S(=O)(=O)N3CCOCC3)ccc21. The van der Waals surface area contributed by atoms with Crippen molar-refractivity contribution >= 4 is 27.0 Å². The Balaban J connectivity index is 1.44. The number of nitrogens with zero attached hydrogens (tertiary/aromatic N) is 3. The average molecular weight is 491 g/mol. The Bertz CT molecular complexity index is 1130. The fourth-order valence-electron chi connectivity index (χ4n) is 5.39. The Morgan fingerprint density at radius 1 is 1.18 bits per heavy atom. The van der Waals surface area contributed by atoms with E-state index in [-0.39, 0.29) is 22.3 Å². The number of carbonyl (C=O) groups is 1. The van der Waals surface area contributed by atoms with E-state index in [1.807, 2.05) is 11.6 Å². The fourth-order valence-corrected chi connectivity index (χ4v) is 6.82. The van der Waals surface area contributed by atoms with Crippen molar-refractivity contribution < 1.29 is 17.9 Å². The van der Waals surface area contributed by atoms with Crippen LogP contribution in [-0.2, 0) is 33.0 Å². The predicted molar refractivity (Wildman–Crippen MR) is 132 cm³/mol. The van der Waals surface area contributed by atoms with E-state index >= 15 is 0 Å². The van der Waals surface area contributed by atoms with Gasteiger partial charge in [0.15, 0.2) is 0 Å². The first-order chi connectivity index (χ1) is 16.1. The summed E-state index contributed by atoms with van der Waals surface area (Å²) in [7, 11) is -1.66. The number of ether oxygens (including phenoxy) is 1. The summed E-state index contributed by atoms with van der Waals surface area (Å²) in [6.07, 6.45) is 5.48. The highest BCUT2D eigenvalue weighted by Crippen LogP contribution is 2.38. The quantitative estimate of drug-likeness (QED) is 0.671. The van der Waals surface area contributed by atoms with Crippen molar-refractivity contribution in [2.45, 2.75) is 70.2 Å². The van der Waals surface area contributed by atoms with Crippen molar-refractivity contribution in [1.29, 1.82) is 0 Å². The summed E-state index contributed by atoms with van der Waals surface area (Å²) in [5.41, 5.74) is 1.67. The van der Waals surface area contributed by atoms with Crippen LogP contribution in [0.15, 0.2) is 23.1 Å². The Kier molecular flexibility index (Phi) is 7.36. The van der Waals surface area contributed by atoms with Crippen LogP contribution in [-0.4, -0.2) is 60.5 Å². The third-order valence-corrected chi connectivity index (χ3v) is 9.25. The molecule has 2 aliphatic rings. The predicted octanol–water partition coefficient (Wildman–Crippen LogP) is 3.25. The van der Waals surface area contributed by atoms with Crippen LogP contribution in [0.5, 0.6) is 0 Å². The molecule has 34 heavy (non-hydrogen) atoms. The molecule has 1 aromatic carbocycles. The van der Waals surface area contributed by atoms with Gasteiger partial charge in [-0.1, -0.05) is 33.6 Å². The Morgan fingerprint density at radius 2 is 1.88 bits per heavy atom. The minimum Gasteiger partial charge on any atom is -0.379 e. The monoisotopic (exact) mass is 490 g/mol. The normalized spacial score (nSPS) is 22.7. The van der Waals surface area contributed by atoms with Crippen molar-refractivity contribution in [3.8, 4) is 0 Å². The molecule has 1 aliphatic heterocycles. The van der Waals surface area contributed by atoms with E-state index in [0.29, 0.717) is 50.6 Å². The number of nitrogens with one attached hydrogen (secondary N) is 1. The minimum atomic E-state index is -3.58. The van der Waals surface area contributed by atoms with Crippen molar-refractivity contribution in [1.82, 2.24) is 19.2 Å². The maximum Gasteiger partial charge on any atom is 0.243 e. The summed E-state index contributed by atoms with van der Waals surface area (Å²) in [5, 5.41) is 3.29. The number of sulfonamides is 1. The summed E-state index contributed by atoms with van der Waals surface area (Å²) in [6, 6.07) is 5.31. The second kappa shape index (κ2) is 9.95. The number of fused-ring (bicyclic) bond motifs is 1. The molecule has 9 heteroatoms. The van der Waals surface area contributed by atoms with Gasteiger partial charge in [-0.2, -0.15) is 4.31 Å². The van der Waals surface area contributed by atoms with Crippen LogP contribution in [0.1, 0.15) is 58.7 Å². The van der Waals surface area contributed by atoms with Gasteiger partial charge in [-0.25, -0.2) is 13.4 Å². The van der Waals surface area contributed by atoms with Crippen LogP contribution in [0, 0.1) is 11.3 Å². The average Bonchev–Trinajstić information content (AvgIpc) is 3.13. The smallest absolute Gasteiger partial charge is 0.243 e. The molecule has 188 valence electrons. The van der Waals surface area contributed by atoms with Crippen LogP contribution >= 0.6 is 0 Å². The highest BCUT2D eigenvalue weighted by molar-refractivity contribution is 7.89. The largest absolute Gasteiger partial charge is 0.379 e. The lowest BCUT2D eigenvalue weighted by molar-refractivity contribution is -0.122. The maximum absolute atomic E-state index is 13.0. The molecule has 0 bridgehead atoms. The molecule has 0 radical (unpaired) electrons. The van der Waals surface area contributed by atoms with Gasteiger partial charge in [-0.05, 0) is 42.4 Å². The van der Waals surface area contributed by atoms with Crippen LogP contribution in [0.3, 0.4) is 0 Å². The van der Waals surface area contributed by atoms with Gasteiger partial charge in [0.1, 0.15) is 5.82 Å². The molecule has 0 spiro atoms. The Morgan fingerprint density at radius 3 is 2.59 bits per heavy atom. The first-order valence-corrected chi connectivity index (χ1v) is 13.8.